The summed E-state index contributed by atoms with van der Waals surface area (Å²) in [6.45, 7) is 5.51. The number of rotatable bonds is 5. The molecule has 1 aliphatic rings. The van der Waals surface area contributed by atoms with Gasteiger partial charge in [0.2, 0.25) is 15.9 Å². The number of sulfonamides is 1. The molecule has 2 N–H and O–H groups in total. The topological polar surface area (TPSA) is 121 Å². The minimum absolute atomic E-state index is 0.134. The lowest BCUT2D eigenvalue weighted by atomic mass is 9.88. The van der Waals surface area contributed by atoms with Crippen LogP contribution in [0.5, 0.6) is 5.88 Å². The van der Waals surface area contributed by atoms with Gasteiger partial charge in [0.05, 0.1) is 24.2 Å². The molecule has 0 bridgehead atoms. The van der Waals surface area contributed by atoms with Gasteiger partial charge in [-0.15, -0.1) is 0 Å². The van der Waals surface area contributed by atoms with Gasteiger partial charge >= 0.3 is 0 Å². The molecule has 0 aliphatic carbocycles. The van der Waals surface area contributed by atoms with Crippen LogP contribution >= 0.6 is 0 Å². The van der Waals surface area contributed by atoms with Crippen molar-refractivity contribution >= 4 is 10.0 Å². The standard InChI is InChI=1S/C16H23N5O4S/c1-10-7-21(26(23,24)16-11(2)19-20-12(16)3)8-13(9-22)15(10)25-14-6-17-4-5-18-14/h4-6,10,13,15,22H,7-9H2,1-3H3,(H,19,20)/t10-,13-,15?/m1/s1. The number of piperidine rings is 1. The van der Waals surface area contributed by atoms with E-state index >= 15 is 0 Å². The van der Waals surface area contributed by atoms with E-state index in [1.54, 1.807) is 20.0 Å². The minimum Gasteiger partial charge on any atom is -0.472 e. The van der Waals surface area contributed by atoms with Crippen LogP contribution in [-0.2, 0) is 10.0 Å². The Kier molecular flexibility index (Phi) is 5.26. The van der Waals surface area contributed by atoms with E-state index in [1.807, 2.05) is 6.92 Å². The highest BCUT2D eigenvalue weighted by molar-refractivity contribution is 7.89. The van der Waals surface area contributed by atoms with E-state index < -0.39 is 10.0 Å². The van der Waals surface area contributed by atoms with Gasteiger partial charge < -0.3 is 9.84 Å². The largest absolute Gasteiger partial charge is 0.472 e. The number of aliphatic hydroxyl groups excluding tert-OH is 1. The van der Waals surface area contributed by atoms with Crippen molar-refractivity contribution in [1.29, 1.82) is 0 Å². The second-order valence-corrected chi connectivity index (χ2v) is 8.51. The third-order valence-corrected chi connectivity index (χ3v) is 6.74. The monoisotopic (exact) mass is 381 g/mol. The van der Waals surface area contributed by atoms with E-state index in [-0.39, 0.29) is 42.5 Å². The number of aromatic nitrogens is 4. The molecule has 3 atom stereocenters. The van der Waals surface area contributed by atoms with Crippen molar-refractivity contribution in [2.24, 2.45) is 11.8 Å². The van der Waals surface area contributed by atoms with Crippen LogP contribution in [0.1, 0.15) is 18.3 Å². The second kappa shape index (κ2) is 7.29. The van der Waals surface area contributed by atoms with Crippen molar-refractivity contribution in [3.05, 3.63) is 30.0 Å². The first-order chi connectivity index (χ1) is 12.3. The van der Waals surface area contributed by atoms with Crippen molar-refractivity contribution in [2.45, 2.75) is 31.8 Å². The summed E-state index contributed by atoms with van der Waals surface area (Å²) in [5.74, 6) is -0.145. The zero-order chi connectivity index (χ0) is 18.9. The Bertz CT molecular complexity index is 835. The SMILES string of the molecule is Cc1n[nH]c(C)c1S(=O)(=O)N1C[C@H](CO)C(Oc2cnccn2)[C@H](C)C1. The molecule has 0 saturated carbocycles. The fourth-order valence-corrected chi connectivity index (χ4v) is 5.36. The quantitative estimate of drug-likeness (QED) is 0.774. The Morgan fingerprint density at radius 2 is 2.12 bits per heavy atom. The predicted octanol–water partition coefficient (Wildman–Crippen LogP) is 0.513. The van der Waals surface area contributed by atoms with Gasteiger partial charge in [-0.05, 0) is 13.8 Å². The number of ether oxygens (including phenoxy) is 1. The Morgan fingerprint density at radius 1 is 1.35 bits per heavy atom. The summed E-state index contributed by atoms with van der Waals surface area (Å²) in [5, 5.41) is 16.5. The fraction of sp³-hybridized carbons (Fsp3) is 0.562. The second-order valence-electron chi connectivity index (χ2n) is 6.63. The van der Waals surface area contributed by atoms with Gasteiger partial charge in [-0.2, -0.15) is 9.40 Å². The Hall–Kier alpha value is -2.04. The summed E-state index contributed by atoms with van der Waals surface area (Å²) >= 11 is 0. The van der Waals surface area contributed by atoms with Gasteiger partial charge in [0, 0.05) is 37.3 Å². The highest BCUT2D eigenvalue weighted by Crippen LogP contribution is 2.31. The molecule has 0 radical (unpaired) electrons. The molecule has 142 valence electrons. The molecule has 3 heterocycles. The third kappa shape index (κ3) is 3.44. The summed E-state index contributed by atoms with van der Waals surface area (Å²) in [6, 6.07) is 0. The molecule has 1 fully saturated rings. The summed E-state index contributed by atoms with van der Waals surface area (Å²) in [4.78, 5) is 8.27. The lowest BCUT2D eigenvalue weighted by Crippen LogP contribution is -2.53. The molecule has 1 unspecified atom stereocenters. The Labute approximate surface area is 152 Å². The van der Waals surface area contributed by atoms with E-state index in [2.05, 4.69) is 20.2 Å². The summed E-state index contributed by atoms with van der Waals surface area (Å²) in [6.07, 6.45) is 4.22. The first-order valence-corrected chi connectivity index (χ1v) is 9.83. The molecule has 26 heavy (non-hydrogen) atoms. The van der Waals surface area contributed by atoms with Crippen LogP contribution in [-0.4, -0.2) is 63.8 Å². The molecule has 1 saturated heterocycles. The van der Waals surface area contributed by atoms with Crippen molar-refractivity contribution < 1.29 is 18.3 Å². The summed E-state index contributed by atoms with van der Waals surface area (Å²) in [7, 11) is -3.71. The lowest BCUT2D eigenvalue weighted by molar-refractivity contribution is 0.000579. The molecule has 10 heteroatoms. The summed E-state index contributed by atoms with van der Waals surface area (Å²) in [5.41, 5.74) is 0.947. The molecule has 0 amide bonds. The van der Waals surface area contributed by atoms with Crippen LogP contribution < -0.4 is 4.74 Å². The Morgan fingerprint density at radius 3 is 2.69 bits per heavy atom. The average molecular weight is 381 g/mol. The van der Waals surface area contributed by atoms with Gasteiger partial charge in [-0.1, -0.05) is 6.92 Å². The number of hydrogen-bond donors (Lipinski definition) is 2. The van der Waals surface area contributed by atoms with Crippen molar-refractivity contribution in [3.63, 3.8) is 0 Å². The fourth-order valence-electron chi connectivity index (χ4n) is 3.44. The summed E-state index contributed by atoms with van der Waals surface area (Å²) < 4.78 is 33.5. The third-order valence-electron chi connectivity index (χ3n) is 4.64. The van der Waals surface area contributed by atoms with Gasteiger partial charge in [0.25, 0.3) is 0 Å². The molecular formula is C16H23N5O4S. The number of nitrogens with one attached hydrogen (secondary N) is 1. The van der Waals surface area contributed by atoms with Crippen molar-refractivity contribution in [2.75, 3.05) is 19.7 Å². The number of aryl methyl sites for hydroxylation is 2. The maximum atomic E-state index is 13.1. The van der Waals surface area contributed by atoms with Gasteiger partial charge in [-0.25, -0.2) is 13.4 Å². The van der Waals surface area contributed by atoms with Crippen molar-refractivity contribution in [3.8, 4) is 5.88 Å². The highest BCUT2D eigenvalue weighted by atomic mass is 32.2. The Balaban J connectivity index is 1.84. The maximum Gasteiger partial charge on any atom is 0.246 e. The lowest BCUT2D eigenvalue weighted by Gasteiger charge is -2.40. The van der Waals surface area contributed by atoms with Gasteiger partial charge in [0.1, 0.15) is 11.0 Å². The van der Waals surface area contributed by atoms with E-state index in [1.165, 1.54) is 16.7 Å². The van der Waals surface area contributed by atoms with Crippen molar-refractivity contribution in [1.82, 2.24) is 24.5 Å². The number of nitrogens with zero attached hydrogens (tertiary/aromatic N) is 4. The zero-order valence-corrected chi connectivity index (χ0v) is 15.8. The van der Waals surface area contributed by atoms with Crippen LogP contribution in [0.25, 0.3) is 0 Å². The van der Waals surface area contributed by atoms with Crippen LogP contribution in [0.4, 0.5) is 0 Å². The molecular weight excluding hydrogens is 358 g/mol. The van der Waals surface area contributed by atoms with Crippen LogP contribution in [0.2, 0.25) is 0 Å². The maximum absolute atomic E-state index is 13.1. The predicted molar refractivity (Wildman–Crippen MR) is 93.0 cm³/mol. The van der Waals surface area contributed by atoms with Crippen LogP contribution in [0.3, 0.4) is 0 Å². The first kappa shape index (κ1) is 18.7. The molecule has 2 aromatic rings. The van der Waals surface area contributed by atoms with E-state index in [9.17, 15) is 13.5 Å². The van der Waals surface area contributed by atoms with Crippen LogP contribution in [0, 0.1) is 25.7 Å². The van der Waals surface area contributed by atoms with E-state index in [0.29, 0.717) is 17.3 Å². The van der Waals surface area contributed by atoms with E-state index in [4.69, 9.17) is 4.74 Å². The highest BCUT2D eigenvalue weighted by Gasteiger charge is 2.42. The molecule has 3 rings (SSSR count). The number of aliphatic hydroxyl groups is 1. The first-order valence-electron chi connectivity index (χ1n) is 8.39. The molecule has 0 spiro atoms. The normalized spacial score (nSPS) is 24.5. The molecule has 9 nitrogen and oxygen atoms in total. The van der Waals surface area contributed by atoms with Gasteiger partial charge in [-0.3, -0.25) is 10.1 Å². The number of H-pyrrole nitrogens is 1. The molecule has 1 aliphatic heterocycles. The van der Waals surface area contributed by atoms with Gasteiger partial charge in [0.15, 0.2) is 0 Å². The smallest absolute Gasteiger partial charge is 0.246 e. The molecule has 0 aromatic carbocycles. The average Bonchev–Trinajstić information content (AvgIpc) is 2.96. The molecule has 2 aromatic heterocycles. The van der Waals surface area contributed by atoms with Crippen LogP contribution in [0.15, 0.2) is 23.5 Å². The number of hydrogen-bond acceptors (Lipinski definition) is 7. The number of aromatic amines is 1. The van der Waals surface area contributed by atoms with E-state index in [0.717, 1.165) is 0 Å². The minimum atomic E-state index is -3.71. The zero-order valence-electron chi connectivity index (χ0n) is 15.0.